The van der Waals surface area contributed by atoms with Gasteiger partial charge in [0, 0.05) is 12.1 Å². The average Bonchev–Trinajstić information content (AvgIpc) is 3.05. The summed E-state index contributed by atoms with van der Waals surface area (Å²) < 4.78 is 11.6. The van der Waals surface area contributed by atoms with Crippen LogP contribution in [0.1, 0.15) is 16.8 Å². The Bertz CT molecular complexity index is 1230. The SMILES string of the molecule is O=C(CCn1c(=O)oc2ccccc21)OCC(=O)c1ccc2ccccc2c1. The summed E-state index contributed by atoms with van der Waals surface area (Å²) in [6.07, 6.45) is -0.0333. The normalized spacial score (nSPS) is 11.0. The van der Waals surface area contributed by atoms with Crippen LogP contribution >= 0.6 is 0 Å². The monoisotopic (exact) mass is 375 g/mol. The third-order valence-electron chi connectivity index (χ3n) is 4.55. The number of oxazole rings is 1. The summed E-state index contributed by atoms with van der Waals surface area (Å²) in [6, 6.07) is 20.1. The number of carbonyl (C=O) groups is 2. The largest absolute Gasteiger partial charge is 0.457 e. The highest BCUT2D eigenvalue weighted by atomic mass is 16.5. The number of esters is 1. The molecule has 0 amide bonds. The Morgan fingerprint density at radius 2 is 1.68 bits per heavy atom. The second-order valence-corrected chi connectivity index (χ2v) is 6.38. The van der Waals surface area contributed by atoms with Crippen LogP contribution in [0.4, 0.5) is 0 Å². The quantitative estimate of drug-likeness (QED) is 0.380. The van der Waals surface area contributed by atoms with E-state index in [0.717, 1.165) is 10.8 Å². The van der Waals surface area contributed by atoms with Gasteiger partial charge in [0.15, 0.2) is 18.0 Å². The van der Waals surface area contributed by atoms with Gasteiger partial charge in [0.1, 0.15) is 0 Å². The maximum atomic E-state index is 12.3. The van der Waals surface area contributed by atoms with Gasteiger partial charge >= 0.3 is 11.7 Å². The number of hydrogen-bond acceptors (Lipinski definition) is 5. The highest BCUT2D eigenvalue weighted by molar-refractivity contribution is 6.01. The number of carbonyl (C=O) groups excluding carboxylic acids is 2. The minimum atomic E-state index is -0.550. The fourth-order valence-electron chi connectivity index (χ4n) is 3.09. The van der Waals surface area contributed by atoms with Crippen LogP contribution in [0.15, 0.2) is 75.9 Å². The lowest BCUT2D eigenvalue weighted by molar-refractivity contribution is -0.142. The van der Waals surface area contributed by atoms with E-state index >= 15 is 0 Å². The van der Waals surface area contributed by atoms with Gasteiger partial charge in [-0.15, -0.1) is 0 Å². The van der Waals surface area contributed by atoms with Gasteiger partial charge in [-0.05, 0) is 29.0 Å². The average molecular weight is 375 g/mol. The van der Waals surface area contributed by atoms with E-state index in [0.29, 0.717) is 16.7 Å². The Kier molecular flexibility index (Phi) is 4.76. The first-order valence-corrected chi connectivity index (χ1v) is 8.88. The number of aromatic nitrogens is 1. The van der Waals surface area contributed by atoms with Gasteiger partial charge in [-0.25, -0.2) is 4.79 Å². The van der Waals surface area contributed by atoms with Gasteiger partial charge in [-0.3, -0.25) is 14.2 Å². The number of para-hydroxylation sites is 2. The number of nitrogens with zero attached hydrogens (tertiary/aromatic N) is 1. The number of benzene rings is 3. The second-order valence-electron chi connectivity index (χ2n) is 6.38. The summed E-state index contributed by atoms with van der Waals surface area (Å²) in [5.74, 6) is -1.35. The smallest absolute Gasteiger partial charge is 0.419 e. The number of fused-ring (bicyclic) bond motifs is 2. The first kappa shape index (κ1) is 17.7. The number of aryl methyl sites for hydroxylation is 1. The van der Waals surface area contributed by atoms with Gasteiger partial charge in [0.25, 0.3) is 0 Å². The molecular weight excluding hydrogens is 358 g/mol. The van der Waals surface area contributed by atoms with Crippen LogP contribution in [0.3, 0.4) is 0 Å². The van der Waals surface area contributed by atoms with Crippen LogP contribution < -0.4 is 5.76 Å². The molecule has 0 unspecified atom stereocenters. The van der Waals surface area contributed by atoms with E-state index in [1.54, 1.807) is 36.4 Å². The maximum Gasteiger partial charge on any atom is 0.419 e. The van der Waals surface area contributed by atoms with E-state index in [1.807, 2.05) is 30.3 Å². The van der Waals surface area contributed by atoms with E-state index in [9.17, 15) is 14.4 Å². The molecule has 140 valence electrons. The fraction of sp³-hybridized carbons (Fsp3) is 0.136. The number of hydrogen-bond donors (Lipinski definition) is 0. The van der Waals surface area contributed by atoms with Crippen molar-refractivity contribution >= 4 is 33.6 Å². The third-order valence-corrected chi connectivity index (χ3v) is 4.55. The molecule has 4 rings (SSSR count). The summed E-state index contributed by atoms with van der Waals surface area (Å²) >= 11 is 0. The molecule has 4 aromatic rings. The lowest BCUT2D eigenvalue weighted by atomic mass is 10.0. The summed E-state index contributed by atoms with van der Waals surface area (Å²) in [7, 11) is 0. The summed E-state index contributed by atoms with van der Waals surface area (Å²) in [4.78, 5) is 36.2. The van der Waals surface area contributed by atoms with Gasteiger partial charge < -0.3 is 9.15 Å². The van der Waals surface area contributed by atoms with Crippen molar-refractivity contribution in [3.8, 4) is 0 Å². The first-order valence-electron chi connectivity index (χ1n) is 8.88. The third kappa shape index (κ3) is 3.57. The number of rotatable bonds is 6. The summed E-state index contributed by atoms with van der Waals surface area (Å²) in [5.41, 5.74) is 1.57. The topological polar surface area (TPSA) is 78.5 Å². The number of ketones is 1. The highest BCUT2D eigenvalue weighted by Crippen LogP contribution is 2.16. The molecule has 0 aliphatic heterocycles. The zero-order chi connectivity index (χ0) is 19.5. The Morgan fingerprint density at radius 1 is 0.929 bits per heavy atom. The molecule has 0 spiro atoms. The lowest BCUT2D eigenvalue weighted by Crippen LogP contribution is -2.19. The lowest BCUT2D eigenvalue weighted by Gasteiger charge is -2.06. The molecule has 28 heavy (non-hydrogen) atoms. The molecule has 0 saturated carbocycles. The molecule has 0 bridgehead atoms. The van der Waals surface area contributed by atoms with Crippen LogP contribution in [0.5, 0.6) is 0 Å². The molecule has 1 aromatic heterocycles. The number of Topliss-reactive ketones (excluding diaryl/α,β-unsaturated/α-hetero) is 1. The Morgan fingerprint density at radius 3 is 2.54 bits per heavy atom. The predicted molar refractivity (Wildman–Crippen MR) is 104 cm³/mol. The molecule has 0 aliphatic carbocycles. The molecule has 0 atom stereocenters. The van der Waals surface area contributed by atoms with Crippen molar-refractivity contribution < 1.29 is 18.7 Å². The fourth-order valence-corrected chi connectivity index (χ4v) is 3.09. The maximum absolute atomic E-state index is 12.3. The molecule has 0 fully saturated rings. The van der Waals surface area contributed by atoms with E-state index < -0.39 is 11.7 Å². The minimum absolute atomic E-state index is 0.0333. The van der Waals surface area contributed by atoms with Crippen molar-refractivity contribution in [1.82, 2.24) is 4.57 Å². The van der Waals surface area contributed by atoms with Crippen molar-refractivity contribution in [2.45, 2.75) is 13.0 Å². The summed E-state index contributed by atoms with van der Waals surface area (Å²) in [6.45, 7) is -0.211. The molecule has 6 heteroatoms. The van der Waals surface area contributed by atoms with E-state index in [2.05, 4.69) is 0 Å². The molecule has 0 radical (unpaired) electrons. The zero-order valence-electron chi connectivity index (χ0n) is 15.0. The van der Waals surface area contributed by atoms with Gasteiger partial charge in [0.05, 0.1) is 11.9 Å². The van der Waals surface area contributed by atoms with Crippen LogP contribution in [-0.2, 0) is 16.1 Å². The van der Waals surface area contributed by atoms with Crippen LogP contribution in [0, 0.1) is 0 Å². The standard InChI is InChI=1S/C22H17NO5/c24-19(17-10-9-15-5-1-2-6-16(15)13-17)14-27-21(25)11-12-23-18-7-3-4-8-20(18)28-22(23)26/h1-10,13H,11-12,14H2. The van der Waals surface area contributed by atoms with Gasteiger partial charge in [0.2, 0.25) is 0 Å². The summed E-state index contributed by atoms with van der Waals surface area (Å²) in [5, 5.41) is 1.99. The second kappa shape index (κ2) is 7.52. The van der Waals surface area contributed by atoms with Crippen LogP contribution in [0.25, 0.3) is 21.9 Å². The highest BCUT2D eigenvalue weighted by Gasteiger charge is 2.13. The van der Waals surface area contributed by atoms with E-state index in [1.165, 1.54) is 4.57 Å². The molecule has 0 N–H and O–H groups in total. The van der Waals surface area contributed by atoms with E-state index in [4.69, 9.17) is 9.15 Å². The Hall–Kier alpha value is -3.67. The molecule has 0 aliphatic rings. The molecule has 3 aromatic carbocycles. The van der Waals surface area contributed by atoms with Gasteiger partial charge in [-0.2, -0.15) is 0 Å². The van der Waals surface area contributed by atoms with Crippen LogP contribution in [0.2, 0.25) is 0 Å². The van der Waals surface area contributed by atoms with Crippen molar-refractivity contribution in [3.05, 3.63) is 82.8 Å². The molecular formula is C22H17NO5. The van der Waals surface area contributed by atoms with E-state index in [-0.39, 0.29) is 25.4 Å². The van der Waals surface area contributed by atoms with Gasteiger partial charge in [-0.1, -0.05) is 48.5 Å². The minimum Gasteiger partial charge on any atom is -0.457 e. The first-order chi connectivity index (χ1) is 13.6. The van der Waals surface area contributed by atoms with Crippen LogP contribution in [-0.4, -0.2) is 22.9 Å². The van der Waals surface area contributed by atoms with Crippen molar-refractivity contribution in [2.75, 3.05) is 6.61 Å². The van der Waals surface area contributed by atoms with Crippen molar-refractivity contribution in [1.29, 1.82) is 0 Å². The Labute approximate surface area is 159 Å². The molecule has 6 nitrogen and oxygen atoms in total. The zero-order valence-corrected chi connectivity index (χ0v) is 15.0. The van der Waals surface area contributed by atoms with Crippen molar-refractivity contribution in [2.24, 2.45) is 0 Å². The van der Waals surface area contributed by atoms with Crippen molar-refractivity contribution in [3.63, 3.8) is 0 Å². The molecule has 1 heterocycles. The Balaban J connectivity index is 1.36. The number of ether oxygens (including phenoxy) is 1. The predicted octanol–water partition coefficient (Wildman–Crippen LogP) is 3.56. The molecule has 0 saturated heterocycles.